The number of aromatic nitrogens is 3. The smallest absolute Gasteiger partial charge is 0.265 e. The summed E-state index contributed by atoms with van der Waals surface area (Å²) in [6, 6.07) is 15.3. The Kier molecular flexibility index (Phi) is 5.38. The van der Waals surface area contributed by atoms with Crippen LogP contribution in [0.4, 0.5) is 4.39 Å². The van der Waals surface area contributed by atoms with Crippen molar-refractivity contribution in [1.82, 2.24) is 20.4 Å². The number of halogens is 1. The van der Waals surface area contributed by atoms with Gasteiger partial charge in [0.25, 0.3) is 11.6 Å². The number of nitrogens with one attached hydrogen (secondary N) is 1. The first-order valence-electron chi connectivity index (χ1n) is 9.38. The quantitative estimate of drug-likeness (QED) is 0.521. The van der Waals surface area contributed by atoms with E-state index in [1.807, 2.05) is 37.3 Å². The molecule has 7 nitrogen and oxygen atoms in total. The van der Waals surface area contributed by atoms with E-state index in [1.165, 1.54) is 12.1 Å². The molecule has 2 heterocycles. The average molecular weight is 406 g/mol. The van der Waals surface area contributed by atoms with Crippen LogP contribution in [0.5, 0.6) is 5.88 Å². The Labute approximate surface area is 171 Å². The van der Waals surface area contributed by atoms with Crippen LogP contribution in [0, 0.1) is 12.7 Å². The fourth-order valence-corrected chi connectivity index (χ4v) is 3.08. The molecule has 1 N–H and O–H groups in total. The molecule has 0 aliphatic heterocycles. The summed E-state index contributed by atoms with van der Waals surface area (Å²) in [5.41, 5.74) is 2.26. The molecule has 4 aromatic rings. The highest BCUT2D eigenvalue weighted by Gasteiger charge is 2.20. The van der Waals surface area contributed by atoms with Crippen molar-refractivity contribution >= 4 is 17.0 Å². The molecule has 30 heavy (non-hydrogen) atoms. The number of amides is 1. The lowest BCUT2D eigenvalue weighted by Gasteiger charge is -2.14. The molecule has 0 aliphatic carbocycles. The zero-order valence-electron chi connectivity index (χ0n) is 16.4. The normalized spacial score (nSPS) is 12.0. The SMILES string of the molecule is Cc1nc(OCC(=O)N[C@@H](C)c2ccccc2)c2c(-c3ccc(F)cc3)noc2n1. The highest BCUT2D eigenvalue weighted by atomic mass is 19.1. The van der Waals surface area contributed by atoms with Gasteiger partial charge in [0.2, 0.25) is 5.88 Å². The fraction of sp³-hybridized carbons (Fsp3) is 0.182. The maximum Gasteiger partial charge on any atom is 0.265 e. The van der Waals surface area contributed by atoms with Crippen LogP contribution in [-0.4, -0.2) is 27.6 Å². The molecule has 4 rings (SSSR count). The molecule has 0 saturated heterocycles. The van der Waals surface area contributed by atoms with E-state index in [-0.39, 0.29) is 36.0 Å². The molecule has 8 heteroatoms. The van der Waals surface area contributed by atoms with Crippen molar-refractivity contribution in [2.75, 3.05) is 6.61 Å². The van der Waals surface area contributed by atoms with Crippen LogP contribution in [0.3, 0.4) is 0 Å². The minimum absolute atomic E-state index is 0.167. The second kappa shape index (κ2) is 8.28. The van der Waals surface area contributed by atoms with Gasteiger partial charge < -0.3 is 14.6 Å². The molecule has 0 fully saturated rings. The Balaban J connectivity index is 1.55. The number of aryl methyl sites for hydroxylation is 1. The standard InChI is InChI=1S/C22H19FN4O3/c1-13(15-6-4-3-5-7-15)24-18(28)12-29-21-19-20(16-8-10-17(23)11-9-16)27-30-22(19)26-14(2)25-21/h3-11,13H,12H2,1-2H3,(H,24,28)/t13-/m0/s1. The molecule has 152 valence electrons. The maximum atomic E-state index is 13.3. The van der Waals surface area contributed by atoms with Gasteiger partial charge >= 0.3 is 0 Å². The number of nitrogens with zero attached hydrogens (tertiary/aromatic N) is 3. The number of fused-ring (bicyclic) bond motifs is 1. The minimum Gasteiger partial charge on any atom is -0.467 e. The van der Waals surface area contributed by atoms with E-state index in [2.05, 4.69) is 20.4 Å². The zero-order valence-corrected chi connectivity index (χ0v) is 16.4. The third-order valence-corrected chi connectivity index (χ3v) is 4.55. The van der Waals surface area contributed by atoms with E-state index >= 15 is 0 Å². The summed E-state index contributed by atoms with van der Waals surface area (Å²) in [5.74, 6) is -0.0622. The van der Waals surface area contributed by atoms with Gasteiger partial charge in [-0.15, -0.1) is 0 Å². The first kappa shape index (κ1) is 19.5. The number of rotatable bonds is 6. The number of ether oxygens (including phenoxy) is 1. The van der Waals surface area contributed by atoms with Gasteiger partial charge in [-0.3, -0.25) is 4.79 Å². The van der Waals surface area contributed by atoms with Crippen molar-refractivity contribution in [3.8, 4) is 17.1 Å². The van der Waals surface area contributed by atoms with Crippen molar-refractivity contribution in [1.29, 1.82) is 0 Å². The summed E-state index contributed by atoms with van der Waals surface area (Å²) in [7, 11) is 0. The Morgan fingerprint density at radius 3 is 2.60 bits per heavy atom. The van der Waals surface area contributed by atoms with Crippen LogP contribution in [0.15, 0.2) is 59.1 Å². The summed E-state index contributed by atoms with van der Waals surface area (Å²) in [6.45, 7) is 3.34. The number of hydrogen-bond acceptors (Lipinski definition) is 6. The molecule has 0 saturated carbocycles. The van der Waals surface area contributed by atoms with Crippen molar-refractivity contribution in [2.45, 2.75) is 19.9 Å². The van der Waals surface area contributed by atoms with E-state index in [9.17, 15) is 9.18 Å². The summed E-state index contributed by atoms with van der Waals surface area (Å²) >= 11 is 0. The van der Waals surface area contributed by atoms with Gasteiger partial charge in [-0.2, -0.15) is 9.97 Å². The molecule has 2 aromatic carbocycles. The molecular weight excluding hydrogens is 387 g/mol. The maximum absolute atomic E-state index is 13.3. The number of carbonyl (C=O) groups is 1. The number of carbonyl (C=O) groups excluding carboxylic acids is 1. The molecule has 2 aromatic heterocycles. The first-order valence-corrected chi connectivity index (χ1v) is 9.38. The molecular formula is C22H19FN4O3. The lowest BCUT2D eigenvalue weighted by molar-refractivity contribution is -0.123. The van der Waals surface area contributed by atoms with Gasteiger partial charge in [0, 0.05) is 5.56 Å². The van der Waals surface area contributed by atoms with Crippen molar-refractivity contribution < 1.29 is 18.4 Å². The molecule has 0 spiro atoms. The minimum atomic E-state index is -0.362. The molecule has 1 amide bonds. The number of benzene rings is 2. The summed E-state index contributed by atoms with van der Waals surface area (Å²) < 4.78 is 24.3. The average Bonchev–Trinajstić information content (AvgIpc) is 3.17. The summed E-state index contributed by atoms with van der Waals surface area (Å²) in [4.78, 5) is 20.9. The van der Waals surface area contributed by atoms with E-state index < -0.39 is 0 Å². The molecule has 0 bridgehead atoms. The van der Waals surface area contributed by atoms with E-state index in [1.54, 1.807) is 19.1 Å². The van der Waals surface area contributed by atoms with Gasteiger partial charge in [-0.05, 0) is 43.7 Å². The van der Waals surface area contributed by atoms with Crippen LogP contribution in [0.1, 0.15) is 24.4 Å². The van der Waals surface area contributed by atoms with Crippen LogP contribution in [0.2, 0.25) is 0 Å². The van der Waals surface area contributed by atoms with E-state index in [4.69, 9.17) is 9.26 Å². The predicted molar refractivity (Wildman–Crippen MR) is 108 cm³/mol. The summed E-state index contributed by atoms with van der Waals surface area (Å²) in [5, 5.41) is 7.35. The monoisotopic (exact) mass is 406 g/mol. The van der Waals surface area contributed by atoms with Crippen LogP contribution < -0.4 is 10.1 Å². The summed E-state index contributed by atoms with van der Waals surface area (Å²) in [6.07, 6.45) is 0. The lowest BCUT2D eigenvalue weighted by Crippen LogP contribution is -2.31. The Hall–Kier alpha value is -3.81. The molecule has 1 atom stereocenters. The molecule has 0 unspecified atom stereocenters. The Morgan fingerprint density at radius 1 is 1.13 bits per heavy atom. The second-order valence-electron chi connectivity index (χ2n) is 6.78. The van der Waals surface area contributed by atoms with Gasteiger partial charge in [-0.25, -0.2) is 4.39 Å². The molecule has 0 radical (unpaired) electrons. The largest absolute Gasteiger partial charge is 0.467 e. The van der Waals surface area contributed by atoms with Crippen molar-refractivity contribution in [3.05, 3.63) is 71.8 Å². The van der Waals surface area contributed by atoms with E-state index in [0.29, 0.717) is 22.5 Å². The second-order valence-corrected chi connectivity index (χ2v) is 6.78. The number of hydrogen-bond donors (Lipinski definition) is 1. The van der Waals surface area contributed by atoms with Crippen LogP contribution in [0.25, 0.3) is 22.4 Å². The fourth-order valence-electron chi connectivity index (χ4n) is 3.08. The van der Waals surface area contributed by atoms with Gasteiger partial charge in [0.1, 0.15) is 22.7 Å². The van der Waals surface area contributed by atoms with Crippen molar-refractivity contribution in [3.63, 3.8) is 0 Å². The van der Waals surface area contributed by atoms with Gasteiger partial charge in [0.15, 0.2) is 6.61 Å². The molecule has 0 aliphatic rings. The van der Waals surface area contributed by atoms with Crippen LogP contribution >= 0.6 is 0 Å². The van der Waals surface area contributed by atoms with Gasteiger partial charge in [0.05, 0.1) is 6.04 Å². The van der Waals surface area contributed by atoms with Gasteiger partial charge in [-0.1, -0.05) is 35.5 Å². The predicted octanol–water partition coefficient (Wildman–Crippen LogP) is 3.99. The zero-order chi connectivity index (χ0) is 21.1. The van der Waals surface area contributed by atoms with Crippen LogP contribution in [-0.2, 0) is 4.79 Å². The van der Waals surface area contributed by atoms with E-state index in [0.717, 1.165) is 5.56 Å². The Bertz CT molecular complexity index is 1180. The highest BCUT2D eigenvalue weighted by Crippen LogP contribution is 2.33. The lowest BCUT2D eigenvalue weighted by atomic mass is 10.1. The third-order valence-electron chi connectivity index (χ3n) is 4.55. The Morgan fingerprint density at radius 2 is 1.87 bits per heavy atom. The van der Waals surface area contributed by atoms with Crippen molar-refractivity contribution in [2.24, 2.45) is 0 Å². The third kappa shape index (κ3) is 4.12. The first-order chi connectivity index (χ1) is 14.5. The highest BCUT2D eigenvalue weighted by molar-refractivity contribution is 5.93. The topological polar surface area (TPSA) is 90.1 Å².